The molecule has 0 saturated heterocycles. The van der Waals surface area contributed by atoms with Crippen molar-refractivity contribution in [2.45, 2.75) is 38.0 Å². The van der Waals surface area contributed by atoms with Gasteiger partial charge in [0.2, 0.25) is 0 Å². The highest BCUT2D eigenvalue weighted by molar-refractivity contribution is 14.1. The van der Waals surface area contributed by atoms with E-state index in [2.05, 4.69) is 27.6 Å². The number of hydrogen-bond acceptors (Lipinski definition) is 3. The van der Waals surface area contributed by atoms with Gasteiger partial charge in [0.15, 0.2) is 0 Å². The molecule has 1 saturated carbocycles. The van der Waals surface area contributed by atoms with Crippen LogP contribution < -0.4 is 5.63 Å². The standard InChI is InChI=1S/C14H14INO2/c15-11-12-10(7-4-8-16-12)14(17)18-13(11)9-5-2-1-3-6-9/h4,7-9H,1-3,5-6H2. The normalized spacial score (nSPS) is 17.2. The molecule has 2 aromatic heterocycles. The molecule has 18 heavy (non-hydrogen) atoms. The maximum Gasteiger partial charge on any atom is 0.345 e. The molecular formula is C14H14INO2. The monoisotopic (exact) mass is 355 g/mol. The Hall–Kier alpha value is -0.910. The van der Waals surface area contributed by atoms with E-state index in [4.69, 9.17) is 4.42 Å². The average Bonchev–Trinajstić information content (AvgIpc) is 2.44. The average molecular weight is 355 g/mol. The van der Waals surface area contributed by atoms with Gasteiger partial charge in [-0.3, -0.25) is 4.98 Å². The topological polar surface area (TPSA) is 43.1 Å². The highest BCUT2D eigenvalue weighted by Gasteiger charge is 2.23. The van der Waals surface area contributed by atoms with E-state index in [0.29, 0.717) is 11.3 Å². The molecule has 3 rings (SSSR count). The molecule has 1 aliphatic rings. The van der Waals surface area contributed by atoms with Crippen LogP contribution in [0.25, 0.3) is 10.9 Å². The summed E-state index contributed by atoms with van der Waals surface area (Å²) >= 11 is 2.26. The Bertz CT molecular complexity index is 629. The summed E-state index contributed by atoms with van der Waals surface area (Å²) in [6.07, 6.45) is 7.72. The summed E-state index contributed by atoms with van der Waals surface area (Å²) in [7, 11) is 0. The summed E-state index contributed by atoms with van der Waals surface area (Å²) < 4.78 is 6.57. The van der Waals surface area contributed by atoms with E-state index in [0.717, 1.165) is 27.7 Å². The number of rotatable bonds is 1. The van der Waals surface area contributed by atoms with E-state index in [1.807, 2.05) is 0 Å². The molecule has 0 radical (unpaired) electrons. The molecule has 1 fully saturated rings. The van der Waals surface area contributed by atoms with E-state index in [-0.39, 0.29) is 5.63 Å². The predicted octanol–water partition coefficient (Wildman–Crippen LogP) is 3.84. The Morgan fingerprint density at radius 3 is 2.83 bits per heavy atom. The van der Waals surface area contributed by atoms with E-state index in [1.54, 1.807) is 18.3 Å². The van der Waals surface area contributed by atoms with Gasteiger partial charge in [-0.25, -0.2) is 4.79 Å². The molecule has 0 amide bonds. The van der Waals surface area contributed by atoms with Crippen molar-refractivity contribution in [2.75, 3.05) is 0 Å². The minimum atomic E-state index is -0.251. The Balaban J connectivity index is 2.18. The van der Waals surface area contributed by atoms with Crippen LogP contribution in [0.2, 0.25) is 0 Å². The van der Waals surface area contributed by atoms with Crippen molar-refractivity contribution in [3.05, 3.63) is 38.1 Å². The number of aromatic nitrogens is 1. The fourth-order valence-electron chi connectivity index (χ4n) is 2.69. The van der Waals surface area contributed by atoms with Gasteiger partial charge in [0, 0.05) is 12.1 Å². The van der Waals surface area contributed by atoms with Crippen molar-refractivity contribution in [2.24, 2.45) is 0 Å². The van der Waals surface area contributed by atoms with Crippen LogP contribution in [0.5, 0.6) is 0 Å². The van der Waals surface area contributed by atoms with Crippen molar-refractivity contribution >= 4 is 33.5 Å². The number of halogens is 1. The second-order valence-corrected chi connectivity index (χ2v) is 5.88. The molecule has 4 heteroatoms. The summed E-state index contributed by atoms with van der Waals surface area (Å²) in [5, 5.41) is 0.585. The van der Waals surface area contributed by atoms with Gasteiger partial charge in [-0.05, 0) is 47.6 Å². The van der Waals surface area contributed by atoms with Crippen LogP contribution in [0.3, 0.4) is 0 Å². The molecule has 0 bridgehead atoms. The second-order valence-electron chi connectivity index (χ2n) is 4.80. The molecule has 0 aromatic carbocycles. The fourth-order valence-corrected chi connectivity index (χ4v) is 3.67. The van der Waals surface area contributed by atoms with Gasteiger partial charge in [0.05, 0.1) is 14.5 Å². The zero-order valence-electron chi connectivity index (χ0n) is 9.99. The van der Waals surface area contributed by atoms with Crippen molar-refractivity contribution in [1.82, 2.24) is 4.98 Å². The number of pyridine rings is 1. The van der Waals surface area contributed by atoms with Crippen molar-refractivity contribution in [1.29, 1.82) is 0 Å². The van der Waals surface area contributed by atoms with Crippen LogP contribution in [0.4, 0.5) is 0 Å². The first kappa shape index (κ1) is 12.1. The summed E-state index contributed by atoms with van der Waals surface area (Å²) in [6, 6.07) is 3.55. The second kappa shape index (κ2) is 4.99. The molecule has 2 heterocycles. The van der Waals surface area contributed by atoms with Crippen LogP contribution in [-0.4, -0.2) is 4.98 Å². The number of hydrogen-bond donors (Lipinski definition) is 0. The molecule has 0 atom stereocenters. The maximum atomic E-state index is 12.0. The van der Waals surface area contributed by atoms with Gasteiger partial charge in [0.25, 0.3) is 0 Å². The van der Waals surface area contributed by atoms with Crippen molar-refractivity contribution in [3.8, 4) is 0 Å². The highest BCUT2D eigenvalue weighted by Crippen LogP contribution is 2.35. The quantitative estimate of drug-likeness (QED) is 0.730. The largest absolute Gasteiger partial charge is 0.426 e. The molecule has 1 aliphatic carbocycles. The molecule has 94 valence electrons. The van der Waals surface area contributed by atoms with Crippen LogP contribution in [0, 0.1) is 3.57 Å². The summed E-state index contributed by atoms with van der Waals surface area (Å²) in [6.45, 7) is 0. The smallest absolute Gasteiger partial charge is 0.345 e. The first-order valence-corrected chi connectivity index (χ1v) is 7.42. The van der Waals surface area contributed by atoms with E-state index < -0.39 is 0 Å². The number of fused-ring (bicyclic) bond motifs is 1. The zero-order chi connectivity index (χ0) is 12.5. The van der Waals surface area contributed by atoms with Crippen molar-refractivity contribution < 1.29 is 4.42 Å². The third-order valence-corrected chi connectivity index (χ3v) is 4.67. The summed E-state index contributed by atoms with van der Waals surface area (Å²) in [5.41, 5.74) is 0.536. The van der Waals surface area contributed by atoms with Crippen LogP contribution >= 0.6 is 22.6 Å². The van der Waals surface area contributed by atoms with Gasteiger partial charge < -0.3 is 4.42 Å². The zero-order valence-corrected chi connectivity index (χ0v) is 12.1. The Morgan fingerprint density at radius 1 is 1.28 bits per heavy atom. The van der Waals surface area contributed by atoms with Gasteiger partial charge >= 0.3 is 5.63 Å². The molecular weight excluding hydrogens is 341 g/mol. The lowest BCUT2D eigenvalue weighted by atomic mass is 9.87. The predicted molar refractivity (Wildman–Crippen MR) is 78.8 cm³/mol. The van der Waals surface area contributed by atoms with Gasteiger partial charge in [-0.2, -0.15) is 0 Å². The van der Waals surface area contributed by atoms with E-state index in [1.165, 1.54) is 19.3 Å². The third kappa shape index (κ3) is 2.06. The molecule has 0 spiro atoms. The van der Waals surface area contributed by atoms with Crippen LogP contribution in [-0.2, 0) is 0 Å². The highest BCUT2D eigenvalue weighted by atomic mass is 127. The van der Waals surface area contributed by atoms with Gasteiger partial charge in [0.1, 0.15) is 5.76 Å². The van der Waals surface area contributed by atoms with E-state index in [9.17, 15) is 4.79 Å². The minimum Gasteiger partial charge on any atom is -0.426 e. The first-order valence-electron chi connectivity index (χ1n) is 6.34. The Labute approximate surface area is 119 Å². The molecule has 0 aliphatic heterocycles. The van der Waals surface area contributed by atoms with E-state index >= 15 is 0 Å². The fraction of sp³-hybridized carbons (Fsp3) is 0.429. The SMILES string of the molecule is O=c1oc(C2CCCCC2)c(I)c2ncccc12. The Morgan fingerprint density at radius 2 is 2.06 bits per heavy atom. The molecule has 0 unspecified atom stereocenters. The van der Waals surface area contributed by atoms with Gasteiger partial charge in [-0.15, -0.1) is 0 Å². The molecule has 2 aromatic rings. The lowest BCUT2D eigenvalue weighted by molar-refractivity contribution is 0.355. The van der Waals surface area contributed by atoms with Crippen molar-refractivity contribution in [3.63, 3.8) is 0 Å². The summed E-state index contributed by atoms with van der Waals surface area (Å²) in [5.74, 6) is 1.25. The Kier molecular flexibility index (Phi) is 3.37. The lowest BCUT2D eigenvalue weighted by Crippen LogP contribution is -2.12. The minimum absolute atomic E-state index is 0.251. The third-order valence-electron chi connectivity index (χ3n) is 3.63. The summed E-state index contributed by atoms with van der Waals surface area (Å²) in [4.78, 5) is 16.3. The molecule has 0 N–H and O–H groups in total. The van der Waals surface area contributed by atoms with Crippen LogP contribution in [0.1, 0.15) is 43.8 Å². The number of nitrogens with zero attached hydrogens (tertiary/aromatic N) is 1. The molecule has 3 nitrogen and oxygen atoms in total. The first-order chi connectivity index (χ1) is 8.77. The van der Waals surface area contributed by atoms with Crippen LogP contribution in [0.15, 0.2) is 27.5 Å². The van der Waals surface area contributed by atoms with Gasteiger partial charge in [-0.1, -0.05) is 19.3 Å². The lowest BCUT2D eigenvalue weighted by Gasteiger charge is -2.21. The maximum absolute atomic E-state index is 12.0.